The van der Waals surface area contributed by atoms with E-state index in [1.54, 1.807) is 18.0 Å². The number of esters is 1. The standard InChI is InChI=1S/C25H28ClN5O4/c1-34-21-8-4-6-18(12-21)14-30-15-20(31-16-22(28-29-31)25(33)35-2)13-23(30)24(32)27-10-9-17-5-3-7-19(26)11-17/h3-8,11-12,16,20,23H,9-10,13-15H2,1-2H3,(H,27,32)/t20-,23+/m1/s1. The van der Waals surface area contributed by atoms with Crippen LogP contribution in [0.5, 0.6) is 5.75 Å². The van der Waals surface area contributed by atoms with E-state index in [-0.39, 0.29) is 23.7 Å². The second-order valence-electron chi connectivity index (χ2n) is 8.43. The molecule has 4 rings (SSSR count). The van der Waals surface area contributed by atoms with Gasteiger partial charge >= 0.3 is 5.97 Å². The number of ether oxygens (including phenoxy) is 2. The molecular formula is C25H28ClN5O4. The second-order valence-corrected chi connectivity index (χ2v) is 8.87. The molecule has 0 radical (unpaired) electrons. The zero-order valence-corrected chi connectivity index (χ0v) is 20.4. The van der Waals surface area contributed by atoms with Gasteiger partial charge in [-0.3, -0.25) is 9.69 Å². The lowest BCUT2D eigenvalue weighted by atomic mass is 10.1. The van der Waals surface area contributed by atoms with Crippen LogP contribution >= 0.6 is 11.6 Å². The first kappa shape index (κ1) is 24.7. The lowest BCUT2D eigenvalue weighted by molar-refractivity contribution is -0.125. The van der Waals surface area contributed by atoms with Crippen molar-refractivity contribution >= 4 is 23.5 Å². The van der Waals surface area contributed by atoms with Crippen molar-refractivity contribution in [3.05, 3.63) is 76.6 Å². The molecule has 1 aliphatic heterocycles. The molecule has 1 N–H and O–H groups in total. The summed E-state index contributed by atoms with van der Waals surface area (Å²) >= 11 is 6.07. The van der Waals surface area contributed by atoms with Crippen molar-refractivity contribution in [2.75, 3.05) is 27.3 Å². The van der Waals surface area contributed by atoms with Crippen molar-refractivity contribution in [2.24, 2.45) is 0 Å². The quantitative estimate of drug-likeness (QED) is 0.454. The number of amides is 1. The van der Waals surface area contributed by atoms with E-state index in [2.05, 4.69) is 20.5 Å². The van der Waals surface area contributed by atoms with E-state index in [0.717, 1.165) is 16.9 Å². The maximum Gasteiger partial charge on any atom is 0.360 e. The summed E-state index contributed by atoms with van der Waals surface area (Å²) in [5.41, 5.74) is 2.24. The summed E-state index contributed by atoms with van der Waals surface area (Å²) in [6.07, 6.45) is 2.79. The fourth-order valence-corrected chi connectivity index (χ4v) is 4.53. The van der Waals surface area contributed by atoms with Crippen LogP contribution in [0, 0.1) is 0 Å². The third-order valence-electron chi connectivity index (χ3n) is 6.08. The highest BCUT2D eigenvalue weighted by Gasteiger charge is 2.38. The normalized spacial score (nSPS) is 17.8. The van der Waals surface area contributed by atoms with Gasteiger partial charge in [0.05, 0.1) is 32.5 Å². The Morgan fingerprint density at radius 3 is 2.71 bits per heavy atom. The van der Waals surface area contributed by atoms with E-state index in [9.17, 15) is 9.59 Å². The molecule has 3 aromatic rings. The molecule has 0 bridgehead atoms. The van der Waals surface area contributed by atoms with Gasteiger partial charge in [-0.05, 0) is 48.2 Å². The van der Waals surface area contributed by atoms with Crippen molar-refractivity contribution in [3.8, 4) is 5.75 Å². The number of likely N-dealkylation sites (tertiary alicyclic amines) is 1. The van der Waals surface area contributed by atoms with Crippen LogP contribution in [0.4, 0.5) is 0 Å². The van der Waals surface area contributed by atoms with Gasteiger partial charge < -0.3 is 14.8 Å². The Labute approximate surface area is 209 Å². The third-order valence-corrected chi connectivity index (χ3v) is 6.32. The fraction of sp³-hybridized carbons (Fsp3) is 0.360. The lowest BCUT2D eigenvalue weighted by Gasteiger charge is -2.23. The summed E-state index contributed by atoms with van der Waals surface area (Å²) in [5, 5.41) is 11.8. The second kappa shape index (κ2) is 11.3. The minimum atomic E-state index is -0.544. The SMILES string of the molecule is COC(=O)c1cn([C@@H]2C[C@@H](C(=O)NCCc3cccc(Cl)c3)N(Cc3cccc(OC)c3)C2)nn1. The maximum absolute atomic E-state index is 13.2. The third kappa shape index (κ3) is 6.17. The van der Waals surface area contributed by atoms with Crippen LogP contribution in [-0.4, -0.2) is 65.1 Å². The van der Waals surface area contributed by atoms with Gasteiger partial charge in [0, 0.05) is 24.7 Å². The monoisotopic (exact) mass is 497 g/mol. The summed E-state index contributed by atoms with van der Waals surface area (Å²) in [7, 11) is 2.93. The number of carbonyl (C=O) groups excluding carboxylic acids is 2. The molecule has 0 aliphatic carbocycles. The van der Waals surface area contributed by atoms with Crippen molar-refractivity contribution in [3.63, 3.8) is 0 Å². The van der Waals surface area contributed by atoms with Crippen LogP contribution in [0.1, 0.15) is 34.1 Å². The van der Waals surface area contributed by atoms with Crippen LogP contribution in [0.25, 0.3) is 0 Å². The Balaban J connectivity index is 1.47. The van der Waals surface area contributed by atoms with Crippen LogP contribution in [-0.2, 0) is 22.5 Å². The van der Waals surface area contributed by atoms with Crippen LogP contribution in [0.2, 0.25) is 5.02 Å². The van der Waals surface area contributed by atoms with Gasteiger partial charge in [0.1, 0.15) is 5.75 Å². The zero-order chi connectivity index (χ0) is 24.8. The molecule has 1 fully saturated rings. The molecule has 1 aliphatic rings. The van der Waals surface area contributed by atoms with Gasteiger partial charge in [-0.1, -0.05) is 41.1 Å². The van der Waals surface area contributed by atoms with E-state index in [0.29, 0.717) is 37.5 Å². The molecule has 1 saturated heterocycles. The molecular weight excluding hydrogens is 470 g/mol. The number of aromatic nitrogens is 3. The lowest BCUT2D eigenvalue weighted by Crippen LogP contribution is -2.43. The molecule has 0 saturated carbocycles. The number of hydrogen-bond acceptors (Lipinski definition) is 7. The first-order valence-corrected chi connectivity index (χ1v) is 11.7. The highest BCUT2D eigenvalue weighted by molar-refractivity contribution is 6.30. The van der Waals surface area contributed by atoms with E-state index in [1.807, 2.05) is 48.5 Å². The smallest absolute Gasteiger partial charge is 0.360 e. The molecule has 2 aromatic carbocycles. The van der Waals surface area contributed by atoms with Crippen molar-refractivity contribution in [2.45, 2.75) is 31.5 Å². The van der Waals surface area contributed by atoms with Gasteiger partial charge in [0.25, 0.3) is 0 Å². The molecule has 10 heteroatoms. The minimum Gasteiger partial charge on any atom is -0.497 e. The molecule has 0 spiro atoms. The largest absolute Gasteiger partial charge is 0.497 e. The van der Waals surface area contributed by atoms with Gasteiger partial charge in [0.2, 0.25) is 5.91 Å². The Morgan fingerprint density at radius 2 is 1.94 bits per heavy atom. The number of halogens is 1. The summed E-state index contributed by atoms with van der Waals surface area (Å²) in [5.74, 6) is 0.170. The first-order valence-electron chi connectivity index (χ1n) is 11.4. The highest BCUT2D eigenvalue weighted by Crippen LogP contribution is 2.29. The number of methoxy groups -OCH3 is 2. The number of benzene rings is 2. The van der Waals surface area contributed by atoms with Gasteiger partial charge in [-0.2, -0.15) is 0 Å². The van der Waals surface area contributed by atoms with E-state index in [4.69, 9.17) is 21.1 Å². The molecule has 0 unspecified atom stereocenters. The van der Waals surface area contributed by atoms with Gasteiger partial charge in [0.15, 0.2) is 5.69 Å². The highest BCUT2D eigenvalue weighted by atomic mass is 35.5. The summed E-state index contributed by atoms with van der Waals surface area (Å²) in [6, 6.07) is 14.9. The van der Waals surface area contributed by atoms with E-state index >= 15 is 0 Å². The maximum atomic E-state index is 13.2. The molecule has 9 nitrogen and oxygen atoms in total. The van der Waals surface area contributed by atoms with E-state index < -0.39 is 5.97 Å². The number of hydrogen-bond donors (Lipinski definition) is 1. The summed E-state index contributed by atoms with van der Waals surface area (Å²) < 4.78 is 11.7. The summed E-state index contributed by atoms with van der Waals surface area (Å²) in [4.78, 5) is 27.2. The fourth-order valence-electron chi connectivity index (χ4n) is 4.32. The van der Waals surface area contributed by atoms with Crippen molar-refractivity contribution < 1.29 is 19.1 Å². The molecule has 184 valence electrons. The number of rotatable bonds is 9. The topological polar surface area (TPSA) is 98.6 Å². The predicted octanol–water partition coefficient (Wildman–Crippen LogP) is 2.90. The molecule has 35 heavy (non-hydrogen) atoms. The first-order chi connectivity index (χ1) is 17.0. The Bertz CT molecular complexity index is 1180. The van der Waals surface area contributed by atoms with Gasteiger partial charge in [-0.25, -0.2) is 9.48 Å². The molecule has 1 aromatic heterocycles. The Kier molecular flexibility index (Phi) is 7.99. The number of nitrogens with one attached hydrogen (secondary N) is 1. The van der Waals surface area contributed by atoms with Crippen LogP contribution in [0.3, 0.4) is 0 Å². The van der Waals surface area contributed by atoms with E-state index in [1.165, 1.54) is 7.11 Å². The number of nitrogens with zero attached hydrogens (tertiary/aromatic N) is 4. The Morgan fingerprint density at radius 1 is 1.14 bits per heavy atom. The zero-order valence-electron chi connectivity index (χ0n) is 19.7. The number of carbonyl (C=O) groups is 2. The van der Waals surface area contributed by atoms with Crippen molar-refractivity contribution in [1.82, 2.24) is 25.2 Å². The molecule has 2 atom stereocenters. The average Bonchev–Trinajstić information content (AvgIpc) is 3.51. The van der Waals surface area contributed by atoms with Gasteiger partial charge in [-0.15, -0.1) is 5.10 Å². The summed E-state index contributed by atoms with van der Waals surface area (Å²) in [6.45, 7) is 1.65. The minimum absolute atomic E-state index is 0.0502. The molecule has 2 heterocycles. The molecule has 1 amide bonds. The average molecular weight is 498 g/mol. The van der Waals surface area contributed by atoms with Crippen LogP contribution < -0.4 is 10.1 Å². The predicted molar refractivity (Wildman–Crippen MR) is 130 cm³/mol. The van der Waals surface area contributed by atoms with Crippen molar-refractivity contribution in [1.29, 1.82) is 0 Å². The Hall–Kier alpha value is -3.43. The van der Waals surface area contributed by atoms with Crippen LogP contribution in [0.15, 0.2) is 54.7 Å².